The number of hydrogen-bond acceptors (Lipinski definition) is 13. The Morgan fingerprint density at radius 3 is 2.69 bits per heavy atom. The molecule has 15 nitrogen and oxygen atoms in total. The van der Waals surface area contributed by atoms with Crippen LogP contribution in [0.25, 0.3) is 11.2 Å². The molecular weight excluding hydrogens is 704 g/mol. The smallest absolute Gasteiger partial charge is 0.306 e. The fourth-order valence-corrected chi connectivity index (χ4v) is 12.7. The Hall–Kier alpha value is -3.24. The minimum Gasteiger partial charge on any atom is -0.459 e. The lowest BCUT2D eigenvalue weighted by molar-refractivity contribution is -0.197. The van der Waals surface area contributed by atoms with Crippen molar-refractivity contribution in [3.8, 4) is 0 Å². The van der Waals surface area contributed by atoms with E-state index < -0.39 is 24.2 Å². The number of fused-ring (bicyclic) bond motifs is 7. The average Bonchev–Trinajstić information content (AvgIpc) is 3.97. The van der Waals surface area contributed by atoms with E-state index in [9.17, 15) is 15.0 Å². The van der Waals surface area contributed by atoms with Crippen molar-refractivity contribution in [3.63, 3.8) is 0 Å². The Morgan fingerprint density at radius 2 is 1.85 bits per heavy atom. The minimum atomic E-state index is -0.811. The van der Waals surface area contributed by atoms with E-state index in [1.165, 1.54) is 19.2 Å². The minimum absolute atomic E-state index is 0.0317. The molecule has 3 aromatic heterocycles. The fraction of sp³-hybridized carbons (Fsp3) is 0.800. The zero-order chi connectivity index (χ0) is 38.4. The summed E-state index contributed by atoms with van der Waals surface area (Å²) in [5.41, 5.74) is 7.70. The summed E-state index contributed by atoms with van der Waals surface area (Å²) in [6.07, 6.45) is 12.0. The van der Waals surface area contributed by atoms with Crippen molar-refractivity contribution in [1.82, 2.24) is 34.5 Å². The Morgan fingerprint density at radius 1 is 1.04 bits per heavy atom. The van der Waals surface area contributed by atoms with Gasteiger partial charge in [-0.2, -0.15) is 0 Å². The van der Waals surface area contributed by atoms with Gasteiger partial charge in [0.25, 0.3) is 0 Å². The Kier molecular flexibility index (Phi) is 9.31. The predicted octanol–water partition coefficient (Wildman–Crippen LogP) is 4.57. The number of ether oxygens (including phenoxy) is 4. The van der Waals surface area contributed by atoms with Gasteiger partial charge in [-0.15, -0.1) is 5.10 Å². The zero-order valence-electron chi connectivity index (χ0n) is 32.8. The number of rotatable bonds is 9. The Bertz CT molecular complexity index is 1900. The maximum absolute atomic E-state index is 13.1. The van der Waals surface area contributed by atoms with E-state index >= 15 is 0 Å². The number of aromatic nitrogens is 7. The predicted molar refractivity (Wildman–Crippen MR) is 198 cm³/mol. The quantitative estimate of drug-likeness (QED) is 0.257. The van der Waals surface area contributed by atoms with E-state index in [1.54, 1.807) is 21.8 Å². The van der Waals surface area contributed by atoms with Crippen LogP contribution in [0.15, 0.2) is 18.9 Å². The van der Waals surface area contributed by atoms with Crippen LogP contribution in [0.2, 0.25) is 0 Å². The molecule has 15 heteroatoms. The maximum Gasteiger partial charge on any atom is 0.306 e. The Balaban J connectivity index is 0.787. The summed E-state index contributed by atoms with van der Waals surface area (Å²) in [4.78, 5) is 25.9. The number of nitrogens with two attached hydrogens (primary N) is 1. The highest BCUT2D eigenvalue weighted by Crippen LogP contribution is 2.68. The third-order valence-electron chi connectivity index (χ3n) is 15.4. The molecule has 5 heterocycles. The monoisotopic (exact) mass is 762 g/mol. The topological polar surface area (TPSA) is 195 Å². The van der Waals surface area contributed by atoms with Gasteiger partial charge < -0.3 is 34.9 Å². The summed E-state index contributed by atoms with van der Waals surface area (Å²) in [6, 6.07) is 0. The molecule has 3 aromatic rings. The summed E-state index contributed by atoms with van der Waals surface area (Å²) in [6.45, 7) is 11.2. The Labute approximate surface area is 322 Å². The van der Waals surface area contributed by atoms with E-state index in [0.717, 1.165) is 44.9 Å². The molecule has 0 aromatic carbocycles. The van der Waals surface area contributed by atoms with Gasteiger partial charge in [-0.05, 0) is 118 Å². The number of anilines is 1. The molecule has 9 rings (SSSR count). The highest BCUT2D eigenvalue weighted by Gasteiger charge is 2.64. The molecule has 0 amide bonds. The summed E-state index contributed by atoms with van der Waals surface area (Å²) in [5.74, 6) is 2.14. The van der Waals surface area contributed by atoms with Crippen molar-refractivity contribution in [2.75, 3.05) is 5.73 Å². The maximum atomic E-state index is 13.1. The lowest BCUT2D eigenvalue weighted by Gasteiger charge is -2.62. The number of imidazole rings is 1. The molecular formula is C40H58N8O7. The first-order valence-corrected chi connectivity index (χ1v) is 20.6. The average molecular weight is 763 g/mol. The molecule has 2 saturated heterocycles. The van der Waals surface area contributed by atoms with Crippen molar-refractivity contribution in [3.05, 3.63) is 24.5 Å². The van der Waals surface area contributed by atoms with Crippen molar-refractivity contribution in [1.29, 1.82) is 0 Å². The van der Waals surface area contributed by atoms with Crippen LogP contribution in [0.4, 0.5) is 5.82 Å². The van der Waals surface area contributed by atoms with Gasteiger partial charge in [0.2, 0.25) is 0 Å². The van der Waals surface area contributed by atoms with Gasteiger partial charge in [-0.1, -0.05) is 26.0 Å². The third-order valence-corrected chi connectivity index (χ3v) is 15.4. The summed E-state index contributed by atoms with van der Waals surface area (Å²) < 4.78 is 28.3. The van der Waals surface area contributed by atoms with Crippen molar-refractivity contribution < 1.29 is 34.0 Å². The summed E-state index contributed by atoms with van der Waals surface area (Å²) in [7, 11) is 0. The van der Waals surface area contributed by atoms with E-state index in [4.69, 9.17) is 24.7 Å². The van der Waals surface area contributed by atoms with Crippen LogP contribution in [0, 0.1) is 46.3 Å². The number of carbonyl (C=O) groups is 1. The second-order valence-electron chi connectivity index (χ2n) is 18.7. The number of aliphatic hydroxyl groups excluding tert-OH is 2. The molecule has 4 aliphatic carbocycles. The van der Waals surface area contributed by atoms with Gasteiger partial charge in [0.15, 0.2) is 23.5 Å². The van der Waals surface area contributed by atoms with E-state index in [-0.39, 0.29) is 47.5 Å². The van der Waals surface area contributed by atoms with Crippen LogP contribution < -0.4 is 5.73 Å². The third kappa shape index (κ3) is 6.27. The molecule has 0 radical (unpaired) electrons. The van der Waals surface area contributed by atoms with Gasteiger partial charge >= 0.3 is 5.97 Å². The van der Waals surface area contributed by atoms with E-state index in [0.29, 0.717) is 65.3 Å². The SMILES string of the molecule is CC(CCC(=O)OCc1cn(CC2OC(n3cnc4c(N)ncnc43)[C@@H]3OC(C)(C)O[C@H]23)nn1)[C@H]1CCC2C3CCC4C[C@H](O)CC[C@]4(C)C3C[C@H](O)[C@@]21C. The highest BCUT2D eigenvalue weighted by atomic mass is 16.8. The van der Waals surface area contributed by atoms with Crippen LogP contribution in [0.1, 0.15) is 111 Å². The van der Waals surface area contributed by atoms with Crippen LogP contribution in [-0.4, -0.2) is 87.0 Å². The first kappa shape index (κ1) is 37.3. The molecule has 300 valence electrons. The lowest BCUT2D eigenvalue weighted by atomic mass is 9.43. The largest absolute Gasteiger partial charge is 0.459 e. The summed E-state index contributed by atoms with van der Waals surface area (Å²) >= 11 is 0. The number of carbonyl (C=O) groups excluding carboxylic acids is 1. The number of nitrogens with zero attached hydrogens (tertiary/aromatic N) is 7. The van der Waals surface area contributed by atoms with Crippen LogP contribution in [0.5, 0.6) is 0 Å². The molecule has 14 atom stereocenters. The first-order valence-electron chi connectivity index (χ1n) is 20.6. The fourth-order valence-electron chi connectivity index (χ4n) is 12.7. The molecule has 4 saturated carbocycles. The van der Waals surface area contributed by atoms with E-state index in [1.807, 2.05) is 13.8 Å². The van der Waals surface area contributed by atoms with Gasteiger partial charge in [0.1, 0.15) is 42.5 Å². The number of nitrogen functional groups attached to an aromatic ring is 1. The van der Waals surface area contributed by atoms with Crippen molar-refractivity contribution in [2.24, 2.45) is 46.3 Å². The summed E-state index contributed by atoms with van der Waals surface area (Å²) in [5, 5.41) is 30.9. The van der Waals surface area contributed by atoms with Crippen molar-refractivity contribution >= 4 is 23.0 Å². The highest BCUT2D eigenvalue weighted by molar-refractivity contribution is 5.81. The van der Waals surface area contributed by atoms with Crippen molar-refractivity contribution in [2.45, 2.75) is 155 Å². The number of aliphatic hydroxyl groups is 2. The van der Waals surface area contributed by atoms with Crippen LogP contribution in [0.3, 0.4) is 0 Å². The molecule has 0 bridgehead atoms. The van der Waals surface area contributed by atoms with Crippen LogP contribution >= 0.6 is 0 Å². The molecule has 6 aliphatic rings. The van der Waals surface area contributed by atoms with Gasteiger partial charge in [-0.25, -0.2) is 19.6 Å². The molecule has 7 unspecified atom stereocenters. The molecule has 4 N–H and O–H groups in total. The first-order chi connectivity index (χ1) is 26.2. The second kappa shape index (κ2) is 13.7. The molecule has 2 aliphatic heterocycles. The molecule has 6 fully saturated rings. The molecule has 55 heavy (non-hydrogen) atoms. The van der Waals surface area contributed by atoms with Gasteiger partial charge in [-0.3, -0.25) is 9.36 Å². The number of hydrogen-bond donors (Lipinski definition) is 3. The molecule has 0 spiro atoms. The van der Waals surface area contributed by atoms with E-state index in [2.05, 4.69) is 46.0 Å². The lowest BCUT2D eigenvalue weighted by Crippen LogP contribution is -2.58. The van der Waals surface area contributed by atoms with Gasteiger partial charge in [0, 0.05) is 6.42 Å². The standard InChI is InChI=1S/C40H58N8O7/c1-21(26-9-10-27-25-8-7-22-14-24(49)12-13-39(22,4)28(25)15-30(50)40(26,27)5)6-11-31(51)52-18-23-16-47(46-45-23)17-29-33-34(55-38(2,3)54-33)37(53-29)48-20-44-32-35(41)42-19-43-36(32)48/h16,19-22,24-30,33-34,37,49-50H,6-15,17-18H2,1-5H3,(H2,41,42,43)/t21?,22?,24-,25?,26-,27?,28?,29?,30+,33-,34-,37?,39+,40-/m1/s1. The van der Waals surface area contributed by atoms with Gasteiger partial charge in [0.05, 0.1) is 31.3 Å². The second-order valence-corrected chi connectivity index (χ2v) is 18.7. The zero-order valence-corrected chi connectivity index (χ0v) is 32.8. The number of esters is 1. The normalized spacial score (nSPS) is 41.0. The van der Waals surface area contributed by atoms with Crippen LogP contribution in [-0.2, 0) is 36.9 Å².